The highest BCUT2D eigenvalue weighted by molar-refractivity contribution is 9.10. The highest BCUT2D eigenvalue weighted by Gasteiger charge is 2.18. The van der Waals surface area contributed by atoms with Crippen molar-refractivity contribution in [3.63, 3.8) is 0 Å². The van der Waals surface area contributed by atoms with Crippen LogP contribution in [0.3, 0.4) is 0 Å². The second-order valence-electron chi connectivity index (χ2n) is 5.97. The van der Waals surface area contributed by atoms with Crippen LogP contribution in [0.15, 0.2) is 56.5 Å². The minimum Gasteiger partial charge on any atom is -0.493 e. The van der Waals surface area contributed by atoms with Gasteiger partial charge < -0.3 is 19.0 Å². The lowest BCUT2D eigenvalue weighted by molar-refractivity contribution is -0.144. The van der Waals surface area contributed by atoms with Gasteiger partial charge in [0.25, 0.3) is 0 Å². The van der Waals surface area contributed by atoms with E-state index in [4.69, 9.17) is 19.0 Å². The van der Waals surface area contributed by atoms with Gasteiger partial charge >= 0.3 is 11.9 Å². The van der Waals surface area contributed by atoms with E-state index in [1.54, 1.807) is 30.3 Å². The van der Waals surface area contributed by atoms with E-state index in [9.17, 15) is 9.59 Å². The zero-order valence-electron chi connectivity index (χ0n) is 15.5. The Hall–Kier alpha value is -3.33. The molecular weight excluding hydrogens is 444 g/mol. The molecule has 2 N–H and O–H groups in total. The number of hydrogen-bond donors (Lipinski definition) is 2. The maximum atomic E-state index is 12.3. The summed E-state index contributed by atoms with van der Waals surface area (Å²) >= 11 is 3.37. The Labute approximate surface area is 174 Å². The van der Waals surface area contributed by atoms with Gasteiger partial charge in [0.15, 0.2) is 23.4 Å². The lowest BCUT2D eigenvalue weighted by atomic mass is 10.2. The van der Waals surface area contributed by atoms with Gasteiger partial charge in [0.1, 0.15) is 5.58 Å². The number of nitrogens with one attached hydrogen (secondary N) is 1. The van der Waals surface area contributed by atoms with Crippen molar-refractivity contribution in [2.45, 2.75) is 13.0 Å². The van der Waals surface area contributed by atoms with Gasteiger partial charge in [0.2, 0.25) is 0 Å². The molecule has 3 aromatic rings. The number of furan rings is 1. The van der Waals surface area contributed by atoms with Crippen molar-refractivity contribution < 1.29 is 28.6 Å². The van der Waals surface area contributed by atoms with Gasteiger partial charge in [-0.15, -0.1) is 0 Å². The van der Waals surface area contributed by atoms with Crippen molar-refractivity contribution >= 4 is 45.0 Å². The number of fused-ring (bicyclic) bond motifs is 1. The maximum absolute atomic E-state index is 12.3. The Bertz CT molecular complexity index is 1090. The second-order valence-corrected chi connectivity index (χ2v) is 6.88. The van der Waals surface area contributed by atoms with Crippen LogP contribution in [-0.4, -0.2) is 36.4 Å². The molecule has 0 saturated carbocycles. The van der Waals surface area contributed by atoms with E-state index in [2.05, 4.69) is 26.5 Å². The van der Waals surface area contributed by atoms with Crippen molar-refractivity contribution in [2.75, 3.05) is 7.11 Å². The summed E-state index contributed by atoms with van der Waals surface area (Å²) in [5.74, 6) is -0.994. The molecule has 0 unspecified atom stereocenters. The van der Waals surface area contributed by atoms with Gasteiger partial charge in [0.05, 0.1) is 13.3 Å². The first kappa shape index (κ1) is 20.4. The van der Waals surface area contributed by atoms with Crippen LogP contribution in [0, 0.1) is 0 Å². The number of ether oxygens (including phenoxy) is 2. The van der Waals surface area contributed by atoms with E-state index in [1.807, 2.05) is 12.1 Å². The van der Waals surface area contributed by atoms with Crippen LogP contribution in [0.2, 0.25) is 0 Å². The Kier molecular flexibility index (Phi) is 6.18. The number of carboxylic acid groups (broad SMARTS) is 1. The summed E-state index contributed by atoms with van der Waals surface area (Å²) in [5, 5.41) is 13.8. The van der Waals surface area contributed by atoms with Crippen LogP contribution in [0.5, 0.6) is 11.5 Å². The smallest absolute Gasteiger partial charge is 0.344 e. The molecule has 2 aromatic carbocycles. The number of carbonyl (C=O) groups is 2. The highest BCUT2D eigenvalue weighted by Crippen LogP contribution is 2.31. The fraction of sp³-hybridized carbons (Fsp3) is 0.150. The third-order valence-corrected chi connectivity index (χ3v) is 4.44. The number of halogens is 1. The van der Waals surface area contributed by atoms with Crippen LogP contribution < -0.4 is 14.9 Å². The Balaban J connectivity index is 1.78. The summed E-state index contributed by atoms with van der Waals surface area (Å²) in [5.41, 5.74) is 3.39. The number of carboxylic acids is 1. The number of amides is 1. The molecule has 29 heavy (non-hydrogen) atoms. The number of rotatable bonds is 7. The lowest BCUT2D eigenvalue weighted by Crippen LogP contribution is -2.23. The van der Waals surface area contributed by atoms with Crippen LogP contribution in [0.4, 0.5) is 0 Å². The number of hydrogen-bond acceptors (Lipinski definition) is 6. The van der Waals surface area contributed by atoms with Crippen molar-refractivity contribution in [3.05, 3.63) is 58.3 Å². The highest BCUT2D eigenvalue weighted by atomic mass is 79.9. The third kappa shape index (κ3) is 4.75. The van der Waals surface area contributed by atoms with Crippen molar-refractivity contribution in [2.24, 2.45) is 5.10 Å². The Morgan fingerprint density at radius 1 is 1.28 bits per heavy atom. The first-order valence-electron chi connectivity index (χ1n) is 8.48. The number of carbonyl (C=O) groups excluding carboxylic acids is 1. The van der Waals surface area contributed by atoms with E-state index in [0.29, 0.717) is 16.9 Å². The Morgan fingerprint density at radius 3 is 2.79 bits per heavy atom. The zero-order chi connectivity index (χ0) is 21.0. The van der Waals surface area contributed by atoms with Gasteiger partial charge in [-0.05, 0) is 43.3 Å². The standard InChI is InChI=1S/C20H17BrN2O6/c1-11(20(25)26)28-18-12(4-3-5-16(18)27-2)10-22-23-19(24)17-9-13-8-14(21)6-7-15(13)29-17/h3-11H,1-2H3,(H,23,24)(H,25,26)/b22-10+/t11-/m0/s1. The van der Waals surface area contributed by atoms with Crippen LogP contribution in [0.1, 0.15) is 23.0 Å². The monoisotopic (exact) mass is 460 g/mol. The van der Waals surface area contributed by atoms with E-state index in [1.165, 1.54) is 20.2 Å². The van der Waals surface area contributed by atoms with Gasteiger partial charge in [-0.2, -0.15) is 5.10 Å². The molecule has 0 aliphatic carbocycles. The molecule has 8 nitrogen and oxygen atoms in total. The Morgan fingerprint density at radius 2 is 2.07 bits per heavy atom. The summed E-state index contributed by atoms with van der Waals surface area (Å²) in [4.78, 5) is 23.4. The largest absolute Gasteiger partial charge is 0.493 e. The maximum Gasteiger partial charge on any atom is 0.344 e. The van der Waals surface area contributed by atoms with Gasteiger partial charge in [-0.25, -0.2) is 10.2 Å². The normalized spacial score (nSPS) is 12.1. The fourth-order valence-electron chi connectivity index (χ4n) is 2.49. The predicted molar refractivity (Wildman–Crippen MR) is 110 cm³/mol. The molecule has 0 bridgehead atoms. The number of hydrazone groups is 1. The number of aliphatic carboxylic acids is 1. The van der Waals surface area contributed by atoms with Crippen molar-refractivity contribution in [1.29, 1.82) is 0 Å². The van der Waals surface area contributed by atoms with E-state index in [0.717, 1.165) is 9.86 Å². The van der Waals surface area contributed by atoms with E-state index >= 15 is 0 Å². The van der Waals surface area contributed by atoms with Crippen molar-refractivity contribution in [3.8, 4) is 11.5 Å². The summed E-state index contributed by atoms with van der Waals surface area (Å²) < 4.78 is 17.1. The molecule has 0 saturated heterocycles. The third-order valence-electron chi connectivity index (χ3n) is 3.94. The summed E-state index contributed by atoms with van der Waals surface area (Å²) in [7, 11) is 1.44. The molecule has 150 valence electrons. The summed E-state index contributed by atoms with van der Waals surface area (Å²) in [6.45, 7) is 1.40. The van der Waals surface area contributed by atoms with Crippen LogP contribution >= 0.6 is 15.9 Å². The molecule has 0 radical (unpaired) electrons. The number of benzene rings is 2. The van der Waals surface area contributed by atoms with Gasteiger partial charge in [-0.3, -0.25) is 4.79 Å². The number of para-hydroxylation sites is 1. The summed E-state index contributed by atoms with van der Waals surface area (Å²) in [6, 6.07) is 12.0. The van der Waals surface area contributed by atoms with E-state index < -0.39 is 18.0 Å². The average Bonchev–Trinajstić information content (AvgIpc) is 3.12. The second kappa shape index (κ2) is 8.78. The van der Waals surface area contributed by atoms with Crippen LogP contribution in [-0.2, 0) is 4.79 Å². The number of nitrogens with zero attached hydrogens (tertiary/aromatic N) is 1. The first-order chi connectivity index (χ1) is 13.9. The minimum absolute atomic E-state index is 0.108. The first-order valence-corrected chi connectivity index (χ1v) is 9.27. The van der Waals surface area contributed by atoms with Gasteiger partial charge in [0, 0.05) is 15.4 Å². The molecule has 1 heterocycles. The topological polar surface area (TPSA) is 110 Å². The zero-order valence-corrected chi connectivity index (χ0v) is 17.1. The SMILES string of the molecule is COc1cccc(/C=N/NC(=O)c2cc3cc(Br)ccc3o2)c1O[C@@H](C)C(=O)O. The van der Waals surface area contributed by atoms with Crippen molar-refractivity contribution in [1.82, 2.24) is 5.43 Å². The molecule has 1 atom stereocenters. The van der Waals surface area contributed by atoms with Gasteiger partial charge in [-0.1, -0.05) is 22.0 Å². The minimum atomic E-state index is -1.12. The molecule has 0 spiro atoms. The average molecular weight is 461 g/mol. The molecule has 1 aromatic heterocycles. The van der Waals surface area contributed by atoms with E-state index in [-0.39, 0.29) is 11.5 Å². The number of methoxy groups -OCH3 is 1. The molecule has 0 fully saturated rings. The lowest BCUT2D eigenvalue weighted by Gasteiger charge is -2.15. The molecule has 0 aliphatic heterocycles. The summed E-state index contributed by atoms with van der Waals surface area (Å²) in [6.07, 6.45) is 0.242. The fourth-order valence-corrected chi connectivity index (χ4v) is 2.87. The molecule has 0 aliphatic rings. The predicted octanol–water partition coefficient (Wildman–Crippen LogP) is 3.82. The molecular formula is C20H17BrN2O6. The van der Waals surface area contributed by atoms with Crippen LogP contribution in [0.25, 0.3) is 11.0 Å². The quantitative estimate of drug-likeness (QED) is 0.409. The molecule has 1 amide bonds. The molecule has 9 heteroatoms. The molecule has 3 rings (SSSR count).